The Morgan fingerprint density at radius 2 is 1.67 bits per heavy atom. The third kappa shape index (κ3) is 9.25. The van der Waals surface area contributed by atoms with Crippen molar-refractivity contribution in [1.29, 1.82) is 0 Å². The Hall–Kier alpha value is -1.05. The molecule has 5 nitrogen and oxygen atoms in total. The van der Waals surface area contributed by atoms with Gasteiger partial charge in [0.2, 0.25) is 0 Å². The SMILES string of the molecule is O=C(O)CCC/C=C\C[C@H]1[C@@H](CNC(=S)CNC(=S)CCCC2CCCCC2)[C@H]2CC[C@@H]1O2. The van der Waals surface area contributed by atoms with Crippen molar-refractivity contribution in [3.05, 3.63) is 12.2 Å². The van der Waals surface area contributed by atoms with Crippen molar-refractivity contribution in [2.75, 3.05) is 13.1 Å². The second-order valence-electron chi connectivity index (χ2n) is 10.1. The molecule has 2 bridgehead atoms. The lowest BCUT2D eigenvalue weighted by molar-refractivity contribution is -0.137. The predicted octanol–water partition coefficient (Wildman–Crippen LogP) is 5.57. The van der Waals surface area contributed by atoms with Gasteiger partial charge in [0.15, 0.2) is 0 Å². The van der Waals surface area contributed by atoms with Crippen molar-refractivity contribution >= 4 is 40.4 Å². The molecule has 0 aromatic rings. The monoisotopic (exact) mass is 494 g/mol. The first-order chi connectivity index (χ1) is 16.0. The van der Waals surface area contributed by atoms with Gasteiger partial charge in [0.05, 0.1) is 28.7 Å². The standard InChI is InChI=1S/C26H42N2O3S2/c29-26(30)14-7-2-1-6-12-20-21(23-16-15-22(20)31-23)17-27-25(33)18-28-24(32)13-8-11-19-9-4-3-5-10-19/h1,6,19-23H,2-5,7-18H2,(H,27,33)(H,28,32)(H,29,30)/b6-1-/t20-,21+,22-,23+/m0/s1. The first-order valence-electron chi connectivity index (χ1n) is 13.1. The van der Waals surface area contributed by atoms with Crippen LogP contribution in [0.15, 0.2) is 12.2 Å². The Morgan fingerprint density at radius 3 is 2.42 bits per heavy atom. The fraction of sp³-hybridized carbons (Fsp3) is 0.808. The van der Waals surface area contributed by atoms with Gasteiger partial charge in [-0.2, -0.15) is 0 Å². The van der Waals surface area contributed by atoms with E-state index in [1.165, 1.54) is 44.9 Å². The summed E-state index contributed by atoms with van der Waals surface area (Å²) in [5.74, 6) is 1.19. The van der Waals surface area contributed by atoms with Crippen LogP contribution in [-0.2, 0) is 9.53 Å². The normalized spacial score (nSPS) is 27.2. The van der Waals surface area contributed by atoms with Crippen LogP contribution in [-0.4, -0.2) is 46.4 Å². The molecule has 4 atom stereocenters. The molecule has 1 saturated carbocycles. The lowest BCUT2D eigenvalue weighted by atomic mass is 9.77. The molecule has 2 aliphatic heterocycles. The van der Waals surface area contributed by atoms with Gasteiger partial charge in [-0.1, -0.05) is 75.1 Å². The van der Waals surface area contributed by atoms with Gasteiger partial charge in [0, 0.05) is 18.9 Å². The summed E-state index contributed by atoms with van der Waals surface area (Å²) in [5, 5.41) is 15.6. The second kappa shape index (κ2) is 14.4. The van der Waals surface area contributed by atoms with E-state index in [0.717, 1.165) is 54.5 Å². The maximum Gasteiger partial charge on any atom is 0.303 e. The number of nitrogens with one attached hydrogen (secondary N) is 2. The van der Waals surface area contributed by atoms with Crippen LogP contribution < -0.4 is 10.6 Å². The van der Waals surface area contributed by atoms with Gasteiger partial charge in [-0.3, -0.25) is 4.79 Å². The summed E-state index contributed by atoms with van der Waals surface area (Å²) in [5.41, 5.74) is 0. The molecular weight excluding hydrogens is 452 g/mol. The van der Waals surface area contributed by atoms with E-state index in [2.05, 4.69) is 22.8 Å². The molecule has 3 rings (SSSR count). The number of allylic oxidation sites excluding steroid dienone is 2. The first-order valence-corrected chi connectivity index (χ1v) is 13.9. The van der Waals surface area contributed by atoms with Crippen molar-refractivity contribution in [2.24, 2.45) is 17.8 Å². The minimum Gasteiger partial charge on any atom is -0.481 e. The molecule has 7 heteroatoms. The molecule has 0 amide bonds. The molecule has 0 aromatic heterocycles. The topological polar surface area (TPSA) is 70.6 Å². The summed E-state index contributed by atoms with van der Waals surface area (Å²) in [7, 11) is 0. The van der Waals surface area contributed by atoms with Crippen LogP contribution in [0.5, 0.6) is 0 Å². The lowest BCUT2D eigenvalue weighted by Gasteiger charge is -2.28. The Bertz CT molecular complexity index is 678. The molecule has 0 aromatic carbocycles. The highest BCUT2D eigenvalue weighted by molar-refractivity contribution is 7.80. The maximum absolute atomic E-state index is 10.6. The van der Waals surface area contributed by atoms with Crippen LogP contribution in [0, 0.1) is 17.8 Å². The molecule has 0 unspecified atom stereocenters. The Kier molecular flexibility index (Phi) is 11.6. The van der Waals surface area contributed by atoms with Crippen LogP contribution in [0.25, 0.3) is 0 Å². The number of fused-ring (bicyclic) bond motifs is 2. The fourth-order valence-electron chi connectivity index (χ4n) is 5.81. The van der Waals surface area contributed by atoms with Crippen LogP contribution in [0.2, 0.25) is 0 Å². The number of hydrogen-bond acceptors (Lipinski definition) is 4. The average Bonchev–Trinajstić information content (AvgIpc) is 3.41. The zero-order chi connectivity index (χ0) is 23.5. The van der Waals surface area contributed by atoms with E-state index in [0.29, 0.717) is 37.0 Å². The third-order valence-electron chi connectivity index (χ3n) is 7.65. The zero-order valence-electron chi connectivity index (χ0n) is 19.9. The number of thiocarbonyl (C=S) groups is 2. The summed E-state index contributed by atoms with van der Waals surface area (Å²) >= 11 is 11.1. The molecule has 0 radical (unpaired) electrons. The van der Waals surface area contributed by atoms with E-state index in [1.54, 1.807) is 0 Å². The van der Waals surface area contributed by atoms with Gasteiger partial charge in [-0.25, -0.2) is 0 Å². The van der Waals surface area contributed by atoms with E-state index in [1.807, 2.05) is 0 Å². The number of carboxylic acids is 1. The van der Waals surface area contributed by atoms with E-state index < -0.39 is 5.97 Å². The summed E-state index contributed by atoms with van der Waals surface area (Å²) in [6, 6.07) is 0. The molecule has 1 aliphatic carbocycles. The quantitative estimate of drug-likeness (QED) is 0.166. The number of hydrogen-bond donors (Lipinski definition) is 3. The van der Waals surface area contributed by atoms with Crippen molar-refractivity contribution in [3.8, 4) is 0 Å². The Balaban J connectivity index is 1.29. The van der Waals surface area contributed by atoms with E-state index in [-0.39, 0.29) is 6.42 Å². The molecular formula is C26H42N2O3S2. The van der Waals surface area contributed by atoms with Crippen LogP contribution in [0.3, 0.4) is 0 Å². The molecule has 3 fully saturated rings. The van der Waals surface area contributed by atoms with Gasteiger partial charge in [-0.05, 0) is 56.8 Å². The summed E-state index contributed by atoms with van der Waals surface area (Å²) in [6.07, 6.45) is 20.6. The molecule has 0 spiro atoms. The van der Waals surface area contributed by atoms with Crippen molar-refractivity contribution < 1.29 is 14.6 Å². The minimum atomic E-state index is -0.721. The van der Waals surface area contributed by atoms with Gasteiger partial charge >= 0.3 is 5.97 Å². The molecule has 2 saturated heterocycles. The number of unbranched alkanes of at least 4 members (excludes halogenated alkanes) is 1. The zero-order valence-corrected chi connectivity index (χ0v) is 21.6. The third-order valence-corrected chi connectivity index (χ3v) is 8.29. The predicted molar refractivity (Wildman–Crippen MR) is 142 cm³/mol. The van der Waals surface area contributed by atoms with Gasteiger partial charge in [0.25, 0.3) is 0 Å². The number of carboxylic acid groups (broad SMARTS) is 1. The average molecular weight is 495 g/mol. The highest BCUT2D eigenvalue weighted by atomic mass is 32.1. The summed E-state index contributed by atoms with van der Waals surface area (Å²) in [4.78, 5) is 12.4. The Morgan fingerprint density at radius 1 is 0.909 bits per heavy atom. The molecule has 3 aliphatic rings. The minimum absolute atomic E-state index is 0.240. The van der Waals surface area contributed by atoms with Gasteiger partial charge in [-0.15, -0.1) is 0 Å². The van der Waals surface area contributed by atoms with Crippen LogP contribution in [0.4, 0.5) is 0 Å². The van der Waals surface area contributed by atoms with Gasteiger partial charge in [0.1, 0.15) is 0 Å². The van der Waals surface area contributed by atoms with E-state index in [9.17, 15) is 4.79 Å². The fourth-order valence-corrected chi connectivity index (χ4v) is 6.18. The highest BCUT2D eigenvalue weighted by Crippen LogP contribution is 2.44. The summed E-state index contributed by atoms with van der Waals surface area (Å²) in [6.45, 7) is 1.47. The maximum atomic E-state index is 10.6. The number of aliphatic carboxylic acids is 1. The van der Waals surface area contributed by atoms with Crippen molar-refractivity contribution in [3.63, 3.8) is 0 Å². The number of carbonyl (C=O) groups is 1. The molecule has 186 valence electrons. The second-order valence-corrected chi connectivity index (χ2v) is 11.1. The molecule has 2 heterocycles. The summed E-state index contributed by atoms with van der Waals surface area (Å²) < 4.78 is 6.20. The largest absolute Gasteiger partial charge is 0.481 e. The molecule has 3 N–H and O–H groups in total. The van der Waals surface area contributed by atoms with Gasteiger partial charge < -0.3 is 20.5 Å². The lowest BCUT2D eigenvalue weighted by Crippen LogP contribution is -2.41. The van der Waals surface area contributed by atoms with Crippen LogP contribution >= 0.6 is 24.4 Å². The number of rotatable bonds is 14. The smallest absolute Gasteiger partial charge is 0.303 e. The van der Waals surface area contributed by atoms with Crippen molar-refractivity contribution in [1.82, 2.24) is 10.6 Å². The molecule has 33 heavy (non-hydrogen) atoms. The van der Waals surface area contributed by atoms with E-state index in [4.69, 9.17) is 34.3 Å². The number of ether oxygens (including phenoxy) is 1. The first kappa shape index (κ1) is 26.6. The van der Waals surface area contributed by atoms with Crippen molar-refractivity contribution in [2.45, 2.75) is 102 Å². The highest BCUT2D eigenvalue weighted by Gasteiger charge is 2.47. The Labute approximate surface area is 210 Å². The van der Waals surface area contributed by atoms with E-state index >= 15 is 0 Å². The van der Waals surface area contributed by atoms with Crippen LogP contribution in [0.1, 0.15) is 89.9 Å².